The van der Waals surface area contributed by atoms with Gasteiger partial charge in [-0.15, -0.1) is 11.3 Å². The van der Waals surface area contributed by atoms with Crippen LogP contribution in [0.25, 0.3) is 11.3 Å². The highest BCUT2D eigenvalue weighted by atomic mass is 32.1. The average Bonchev–Trinajstić information content (AvgIpc) is 3.30. The molecular weight excluding hydrogens is 428 g/mol. The number of anilines is 1. The highest BCUT2D eigenvalue weighted by Gasteiger charge is 2.11. The predicted molar refractivity (Wildman–Crippen MR) is 123 cm³/mol. The van der Waals surface area contributed by atoms with Crippen molar-refractivity contribution in [3.63, 3.8) is 0 Å². The lowest BCUT2D eigenvalue weighted by Gasteiger charge is -2.04. The fourth-order valence-electron chi connectivity index (χ4n) is 2.74. The Morgan fingerprint density at radius 1 is 1.03 bits per heavy atom. The molecule has 0 atom stereocenters. The molecule has 8 nitrogen and oxygen atoms in total. The SMILES string of the molecule is O=C(Oc1ccc(/C=N/Nc2nc(-c3ccccc3)cs2)cc1)c1ccc([N+](=O)[O-])cc1. The number of ether oxygens (including phenoxy) is 1. The summed E-state index contributed by atoms with van der Waals surface area (Å²) in [6.45, 7) is 0. The summed E-state index contributed by atoms with van der Waals surface area (Å²) in [5, 5.41) is 17.5. The molecule has 3 aromatic carbocycles. The van der Waals surface area contributed by atoms with Crippen LogP contribution in [0.2, 0.25) is 0 Å². The van der Waals surface area contributed by atoms with Gasteiger partial charge in [0.05, 0.1) is 22.4 Å². The first kappa shape index (κ1) is 20.9. The first-order chi connectivity index (χ1) is 15.6. The fourth-order valence-corrected chi connectivity index (χ4v) is 3.40. The van der Waals surface area contributed by atoms with E-state index in [1.165, 1.54) is 35.6 Å². The lowest BCUT2D eigenvalue weighted by molar-refractivity contribution is -0.384. The van der Waals surface area contributed by atoms with Crippen LogP contribution < -0.4 is 10.2 Å². The minimum atomic E-state index is -0.596. The highest BCUT2D eigenvalue weighted by molar-refractivity contribution is 7.14. The van der Waals surface area contributed by atoms with Gasteiger partial charge in [0.15, 0.2) is 0 Å². The van der Waals surface area contributed by atoms with Crippen molar-refractivity contribution in [2.75, 3.05) is 5.43 Å². The Hall–Kier alpha value is -4.37. The minimum Gasteiger partial charge on any atom is -0.423 e. The lowest BCUT2D eigenvalue weighted by Crippen LogP contribution is -2.08. The number of aromatic nitrogens is 1. The van der Waals surface area contributed by atoms with Crippen LogP contribution in [-0.2, 0) is 0 Å². The first-order valence-electron chi connectivity index (χ1n) is 9.45. The molecule has 0 aliphatic heterocycles. The maximum atomic E-state index is 12.2. The largest absolute Gasteiger partial charge is 0.423 e. The molecule has 0 unspecified atom stereocenters. The number of hydrogen-bond donors (Lipinski definition) is 1. The number of hydrogen-bond acceptors (Lipinski definition) is 8. The molecule has 32 heavy (non-hydrogen) atoms. The van der Waals surface area contributed by atoms with Crippen molar-refractivity contribution in [3.05, 3.63) is 105 Å². The third kappa shape index (κ3) is 5.21. The monoisotopic (exact) mass is 444 g/mol. The molecule has 1 aromatic heterocycles. The van der Waals surface area contributed by atoms with Crippen molar-refractivity contribution in [2.24, 2.45) is 5.10 Å². The van der Waals surface area contributed by atoms with E-state index in [2.05, 4.69) is 15.5 Å². The summed E-state index contributed by atoms with van der Waals surface area (Å²) in [6, 6.07) is 21.9. The van der Waals surface area contributed by atoms with Crippen LogP contribution in [0.1, 0.15) is 15.9 Å². The Morgan fingerprint density at radius 3 is 2.44 bits per heavy atom. The average molecular weight is 444 g/mol. The molecule has 1 heterocycles. The summed E-state index contributed by atoms with van der Waals surface area (Å²) in [6.07, 6.45) is 1.63. The third-order valence-corrected chi connectivity index (χ3v) is 5.10. The van der Waals surface area contributed by atoms with E-state index in [1.54, 1.807) is 30.5 Å². The maximum Gasteiger partial charge on any atom is 0.343 e. The summed E-state index contributed by atoms with van der Waals surface area (Å²) in [5.74, 6) is -0.244. The van der Waals surface area contributed by atoms with Crippen LogP contribution >= 0.6 is 11.3 Å². The molecule has 158 valence electrons. The Balaban J connectivity index is 1.32. The number of nitrogens with one attached hydrogen (secondary N) is 1. The standard InChI is InChI=1S/C23H16N4O4S/c28-22(18-8-10-19(11-9-18)27(29)30)31-20-12-6-16(7-13-20)14-24-26-23-25-21(15-32-23)17-4-2-1-3-5-17/h1-15H,(H,25,26)/b24-14+. The van der Waals surface area contributed by atoms with Gasteiger partial charge in [-0.3, -0.25) is 15.5 Å². The van der Waals surface area contributed by atoms with Gasteiger partial charge in [0.2, 0.25) is 5.13 Å². The van der Waals surface area contributed by atoms with Crippen molar-refractivity contribution in [1.82, 2.24) is 4.98 Å². The zero-order valence-corrected chi connectivity index (χ0v) is 17.4. The number of esters is 1. The summed E-state index contributed by atoms with van der Waals surface area (Å²) in [5.41, 5.74) is 5.77. The van der Waals surface area contributed by atoms with Crippen LogP contribution in [0.4, 0.5) is 10.8 Å². The van der Waals surface area contributed by atoms with Gasteiger partial charge >= 0.3 is 5.97 Å². The zero-order valence-electron chi connectivity index (χ0n) is 16.5. The second kappa shape index (κ2) is 9.63. The Morgan fingerprint density at radius 2 is 1.75 bits per heavy atom. The zero-order chi connectivity index (χ0) is 22.3. The normalized spacial score (nSPS) is 10.8. The molecule has 0 saturated carbocycles. The maximum absolute atomic E-state index is 12.2. The smallest absolute Gasteiger partial charge is 0.343 e. The Labute approximate surface area is 187 Å². The van der Waals surface area contributed by atoms with Crippen molar-refractivity contribution < 1.29 is 14.5 Å². The van der Waals surface area contributed by atoms with Crippen LogP contribution in [0.3, 0.4) is 0 Å². The van der Waals surface area contributed by atoms with Crippen LogP contribution in [0, 0.1) is 10.1 Å². The number of nitrogens with zero attached hydrogens (tertiary/aromatic N) is 3. The third-order valence-electron chi connectivity index (χ3n) is 4.35. The number of thiazole rings is 1. The van der Waals surface area contributed by atoms with Crippen LogP contribution in [-0.4, -0.2) is 22.1 Å². The van der Waals surface area contributed by atoms with Gasteiger partial charge in [-0.1, -0.05) is 30.3 Å². The molecule has 9 heteroatoms. The van der Waals surface area contributed by atoms with Gasteiger partial charge in [-0.25, -0.2) is 9.78 Å². The molecule has 0 saturated heterocycles. The van der Waals surface area contributed by atoms with Crippen molar-refractivity contribution in [1.29, 1.82) is 0 Å². The highest BCUT2D eigenvalue weighted by Crippen LogP contribution is 2.24. The number of benzene rings is 3. The molecule has 4 rings (SSSR count). The number of carbonyl (C=O) groups is 1. The summed E-state index contributed by atoms with van der Waals surface area (Å²) in [4.78, 5) is 26.8. The molecule has 0 bridgehead atoms. The summed E-state index contributed by atoms with van der Waals surface area (Å²) < 4.78 is 5.30. The first-order valence-corrected chi connectivity index (χ1v) is 10.3. The van der Waals surface area contributed by atoms with Gasteiger partial charge in [0.25, 0.3) is 5.69 Å². The van der Waals surface area contributed by atoms with E-state index in [9.17, 15) is 14.9 Å². The molecule has 0 aliphatic rings. The topological polar surface area (TPSA) is 107 Å². The van der Waals surface area contributed by atoms with Crippen molar-refractivity contribution in [2.45, 2.75) is 0 Å². The number of hydrazone groups is 1. The molecule has 4 aromatic rings. The molecule has 0 aliphatic carbocycles. The van der Waals surface area contributed by atoms with E-state index in [-0.39, 0.29) is 11.3 Å². The van der Waals surface area contributed by atoms with Crippen LogP contribution in [0.5, 0.6) is 5.75 Å². The number of nitro benzene ring substituents is 1. The molecule has 0 radical (unpaired) electrons. The van der Waals surface area contributed by atoms with E-state index in [1.807, 2.05) is 35.7 Å². The fraction of sp³-hybridized carbons (Fsp3) is 0. The summed E-state index contributed by atoms with van der Waals surface area (Å²) in [7, 11) is 0. The van der Waals surface area contributed by atoms with Gasteiger partial charge in [0.1, 0.15) is 5.75 Å². The van der Waals surface area contributed by atoms with E-state index in [0.29, 0.717) is 10.9 Å². The number of nitro groups is 1. The Kier molecular flexibility index (Phi) is 6.28. The van der Waals surface area contributed by atoms with Gasteiger partial charge < -0.3 is 4.74 Å². The predicted octanol–water partition coefficient (Wildman–Crippen LogP) is 5.38. The van der Waals surface area contributed by atoms with Crippen molar-refractivity contribution in [3.8, 4) is 17.0 Å². The Bertz CT molecular complexity index is 1250. The molecule has 0 fully saturated rings. The molecule has 0 amide bonds. The van der Waals surface area contributed by atoms with Gasteiger partial charge in [-0.2, -0.15) is 5.10 Å². The van der Waals surface area contributed by atoms with Gasteiger partial charge in [-0.05, 0) is 42.0 Å². The summed E-state index contributed by atoms with van der Waals surface area (Å²) >= 11 is 1.46. The number of non-ortho nitro benzene ring substituents is 1. The number of rotatable bonds is 7. The minimum absolute atomic E-state index is 0.0900. The van der Waals surface area contributed by atoms with E-state index in [0.717, 1.165) is 16.8 Å². The second-order valence-corrected chi connectivity index (χ2v) is 7.39. The second-order valence-electron chi connectivity index (χ2n) is 6.54. The lowest BCUT2D eigenvalue weighted by atomic mass is 10.2. The van der Waals surface area contributed by atoms with E-state index in [4.69, 9.17) is 4.74 Å². The molecule has 0 spiro atoms. The van der Waals surface area contributed by atoms with Gasteiger partial charge in [0, 0.05) is 23.1 Å². The quantitative estimate of drug-likeness (QED) is 0.135. The van der Waals surface area contributed by atoms with Crippen LogP contribution in [0.15, 0.2) is 89.3 Å². The van der Waals surface area contributed by atoms with Crippen molar-refractivity contribution >= 4 is 34.3 Å². The van der Waals surface area contributed by atoms with E-state index < -0.39 is 10.9 Å². The number of carbonyl (C=O) groups excluding carboxylic acids is 1. The van der Waals surface area contributed by atoms with E-state index >= 15 is 0 Å². The molecule has 1 N–H and O–H groups in total. The molecular formula is C23H16N4O4S.